The fourth-order valence-corrected chi connectivity index (χ4v) is 6.71. The molecule has 0 radical (unpaired) electrons. The topological polar surface area (TPSA) is 12.9 Å². The van der Waals surface area contributed by atoms with Crippen LogP contribution in [-0.2, 0) is 25.7 Å². The molecule has 0 spiro atoms. The van der Waals surface area contributed by atoms with Crippen molar-refractivity contribution in [3.05, 3.63) is 113 Å². The van der Waals surface area contributed by atoms with E-state index in [-0.39, 0.29) is 0 Å². The van der Waals surface area contributed by atoms with Crippen LogP contribution in [0.3, 0.4) is 0 Å². The highest BCUT2D eigenvalue weighted by molar-refractivity contribution is 6.19. The summed E-state index contributed by atoms with van der Waals surface area (Å²) in [5.41, 5.74) is 12.8. The summed E-state index contributed by atoms with van der Waals surface area (Å²) in [6, 6.07) is 29.8. The Balaban J connectivity index is 1.37. The smallest absolute Gasteiger partial charge is 0.0780 e. The molecule has 6 aromatic rings. The van der Waals surface area contributed by atoms with Crippen molar-refractivity contribution >= 4 is 32.3 Å². The van der Waals surface area contributed by atoms with E-state index >= 15 is 0 Å². The summed E-state index contributed by atoms with van der Waals surface area (Å²) >= 11 is 0. The molecule has 1 heterocycles. The molecule has 0 N–H and O–H groups in total. The van der Waals surface area contributed by atoms with Gasteiger partial charge in [0, 0.05) is 17.1 Å². The molecule has 0 bridgehead atoms. The average Bonchev–Trinajstić information content (AvgIpc) is 2.90. The van der Waals surface area contributed by atoms with E-state index in [0.717, 1.165) is 31.4 Å². The summed E-state index contributed by atoms with van der Waals surface area (Å²) in [4.78, 5) is 4.94. The molecule has 1 heteroatoms. The lowest BCUT2D eigenvalue weighted by Crippen LogP contribution is -2.14. The standard InChI is InChI=1S/C34H25N/c1-20-5-11-27-23(17-20)10-12-29-28(27)13-14-31-30(29)15-16-35-34(31)26-18-24-8-6-21-3-2-4-22-7-9-25(19-26)33(24)32(21)22/h2-5,10-19H,6-9H2,1H3. The summed E-state index contributed by atoms with van der Waals surface area (Å²) in [7, 11) is 0. The predicted molar refractivity (Wildman–Crippen MR) is 147 cm³/mol. The molecule has 0 amide bonds. The second kappa shape index (κ2) is 7.02. The zero-order valence-corrected chi connectivity index (χ0v) is 19.9. The summed E-state index contributed by atoms with van der Waals surface area (Å²) < 4.78 is 0. The van der Waals surface area contributed by atoms with Gasteiger partial charge in [0.1, 0.15) is 0 Å². The molecule has 0 saturated heterocycles. The van der Waals surface area contributed by atoms with Crippen LogP contribution in [0.15, 0.2) is 85.1 Å². The lowest BCUT2D eigenvalue weighted by molar-refractivity contribution is 0.877. The largest absolute Gasteiger partial charge is 0.256 e. The van der Waals surface area contributed by atoms with Gasteiger partial charge in [-0.2, -0.15) is 0 Å². The van der Waals surface area contributed by atoms with Gasteiger partial charge >= 0.3 is 0 Å². The molecule has 0 fully saturated rings. The van der Waals surface area contributed by atoms with E-state index in [1.807, 2.05) is 6.20 Å². The molecule has 0 saturated carbocycles. The van der Waals surface area contributed by atoms with Crippen molar-refractivity contribution in [1.29, 1.82) is 0 Å². The van der Waals surface area contributed by atoms with Crippen molar-refractivity contribution in [3.8, 4) is 22.4 Å². The average molecular weight is 448 g/mol. The molecule has 1 nitrogen and oxygen atoms in total. The van der Waals surface area contributed by atoms with Crippen molar-refractivity contribution in [2.24, 2.45) is 0 Å². The van der Waals surface area contributed by atoms with Crippen LogP contribution in [0.2, 0.25) is 0 Å². The SMILES string of the molecule is Cc1ccc2c(ccc3c4ccnc(-c5cc6c7c(c5)CCc5cccc(c5-7)CC6)c4ccc23)c1. The molecule has 2 aliphatic rings. The summed E-state index contributed by atoms with van der Waals surface area (Å²) in [6.07, 6.45) is 6.50. The Bertz CT molecular complexity index is 1810. The third-order valence-corrected chi connectivity index (χ3v) is 8.30. The van der Waals surface area contributed by atoms with Gasteiger partial charge < -0.3 is 0 Å². The first-order valence-corrected chi connectivity index (χ1v) is 12.7. The van der Waals surface area contributed by atoms with Crippen molar-refractivity contribution in [1.82, 2.24) is 4.98 Å². The zero-order valence-electron chi connectivity index (χ0n) is 19.9. The zero-order chi connectivity index (χ0) is 23.1. The molecule has 0 unspecified atom stereocenters. The fourth-order valence-electron chi connectivity index (χ4n) is 6.71. The second-order valence-electron chi connectivity index (χ2n) is 10.3. The van der Waals surface area contributed by atoms with Crippen LogP contribution in [0.1, 0.15) is 27.8 Å². The van der Waals surface area contributed by atoms with Crippen molar-refractivity contribution in [2.45, 2.75) is 32.6 Å². The number of rotatable bonds is 1. The molecule has 5 aromatic carbocycles. The van der Waals surface area contributed by atoms with E-state index in [2.05, 4.69) is 85.8 Å². The Morgan fingerprint density at radius 1 is 0.543 bits per heavy atom. The molecule has 2 aliphatic carbocycles. The third kappa shape index (κ3) is 2.73. The van der Waals surface area contributed by atoms with E-state index < -0.39 is 0 Å². The second-order valence-corrected chi connectivity index (χ2v) is 10.3. The lowest BCUT2D eigenvalue weighted by Gasteiger charge is -2.30. The molecule has 0 atom stereocenters. The Morgan fingerprint density at radius 2 is 1.14 bits per heavy atom. The summed E-state index contributed by atoms with van der Waals surface area (Å²) in [6.45, 7) is 2.16. The Kier molecular flexibility index (Phi) is 3.88. The molecular formula is C34H25N. The predicted octanol–water partition coefficient (Wildman–Crippen LogP) is 8.38. The van der Waals surface area contributed by atoms with Gasteiger partial charge in [-0.3, -0.25) is 4.98 Å². The minimum absolute atomic E-state index is 1.11. The van der Waals surface area contributed by atoms with Gasteiger partial charge in [-0.1, -0.05) is 66.2 Å². The maximum absolute atomic E-state index is 4.94. The maximum Gasteiger partial charge on any atom is 0.0780 e. The first kappa shape index (κ1) is 19.3. The molecule has 35 heavy (non-hydrogen) atoms. The monoisotopic (exact) mass is 447 g/mol. The number of benzene rings is 5. The van der Waals surface area contributed by atoms with Crippen LogP contribution in [0.5, 0.6) is 0 Å². The normalized spacial score (nSPS) is 14.0. The summed E-state index contributed by atoms with van der Waals surface area (Å²) in [5.74, 6) is 0. The number of fused-ring (bicyclic) bond motifs is 5. The molecule has 8 rings (SSSR count). The van der Waals surface area contributed by atoms with Crippen molar-refractivity contribution < 1.29 is 0 Å². The van der Waals surface area contributed by atoms with Gasteiger partial charge in [-0.25, -0.2) is 0 Å². The number of hydrogen-bond donors (Lipinski definition) is 0. The highest BCUT2D eigenvalue weighted by atomic mass is 14.7. The Morgan fingerprint density at radius 3 is 1.94 bits per heavy atom. The number of nitrogens with zero attached hydrogens (tertiary/aromatic N) is 1. The quantitative estimate of drug-likeness (QED) is 0.231. The molecular weight excluding hydrogens is 422 g/mol. The Hall–Kier alpha value is -3.97. The number of hydrogen-bond acceptors (Lipinski definition) is 1. The maximum atomic E-state index is 4.94. The van der Waals surface area contributed by atoms with Crippen LogP contribution >= 0.6 is 0 Å². The van der Waals surface area contributed by atoms with Crippen LogP contribution in [0.4, 0.5) is 0 Å². The minimum Gasteiger partial charge on any atom is -0.256 e. The fraction of sp³-hybridized carbons (Fsp3) is 0.147. The lowest BCUT2D eigenvalue weighted by atomic mass is 9.74. The highest BCUT2D eigenvalue weighted by Gasteiger charge is 2.26. The van der Waals surface area contributed by atoms with Crippen molar-refractivity contribution in [3.63, 3.8) is 0 Å². The van der Waals surface area contributed by atoms with Gasteiger partial charge in [0.2, 0.25) is 0 Å². The molecule has 0 aliphatic heterocycles. The number of aromatic nitrogens is 1. The van der Waals surface area contributed by atoms with E-state index in [9.17, 15) is 0 Å². The van der Waals surface area contributed by atoms with Gasteiger partial charge in [0.15, 0.2) is 0 Å². The highest BCUT2D eigenvalue weighted by Crippen LogP contribution is 2.45. The van der Waals surface area contributed by atoms with Gasteiger partial charge in [0.25, 0.3) is 0 Å². The van der Waals surface area contributed by atoms with Crippen LogP contribution < -0.4 is 0 Å². The first-order valence-electron chi connectivity index (χ1n) is 12.7. The number of pyridine rings is 1. The Labute approximate surface area is 205 Å². The van der Waals surface area contributed by atoms with Gasteiger partial charge in [0.05, 0.1) is 5.69 Å². The molecule has 166 valence electrons. The summed E-state index contributed by atoms with van der Waals surface area (Å²) in [5, 5.41) is 7.78. The van der Waals surface area contributed by atoms with Crippen LogP contribution in [0, 0.1) is 6.92 Å². The molecule has 1 aromatic heterocycles. The van der Waals surface area contributed by atoms with Crippen LogP contribution in [-0.4, -0.2) is 4.98 Å². The van der Waals surface area contributed by atoms with E-state index in [1.165, 1.54) is 76.8 Å². The third-order valence-electron chi connectivity index (χ3n) is 8.30. The van der Waals surface area contributed by atoms with E-state index in [1.54, 1.807) is 0 Å². The first-order chi connectivity index (χ1) is 17.2. The van der Waals surface area contributed by atoms with Crippen molar-refractivity contribution in [2.75, 3.05) is 0 Å². The minimum atomic E-state index is 1.11. The van der Waals surface area contributed by atoms with Gasteiger partial charge in [-0.05, 0) is 111 Å². The van der Waals surface area contributed by atoms with Crippen LogP contribution in [0.25, 0.3) is 54.7 Å². The van der Waals surface area contributed by atoms with E-state index in [0.29, 0.717) is 0 Å². The number of aryl methyl sites for hydroxylation is 5. The van der Waals surface area contributed by atoms with E-state index in [4.69, 9.17) is 4.98 Å². The van der Waals surface area contributed by atoms with Gasteiger partial charge in [-0.15, -0.1) is 0 Å².